The lowest BCUT2D eigenvalue weighted by atomic mass is 9.78. The number of benzene rings is 4. The Balaban J connectivity index is 1.20. The van der Waals surface area contributed by atoms with E-state index in [0.717, 1.165) is 22.3 Å². The highest BCUT2D eigenvalue weighted by molar-refractivity contribution is 5.42. The van der Waals surface area contributed by atoms with Gasteiger partial charge < -0.3 is 43.7 Å². The van der Waals surface area contributed by atoms with Crippen molar-refractivity contribution in [2.45, 2.75) is 50.4 Å². The van der Waals surface area contributed by atoms with E-state index in [2.05, 4.69) is 20.8 Å². The lowest BCUT2D eigenvalue weighted by Gasteiger charge is -2.26. The number of rotatable bonds is 20. The molecule has 0 aliphatic carbocycles. The quantitative estimate of drug-likeness (QED) is 0.108. The third-order valence-corrected chi connectivity index (χ3v) is 8.40. The highest BCUT2D eigenvalue weighted by Gasteiger charge is 2.23. The van der Waals surface area contributed by atoms with E-state index in [0.29, 0.717) is 23.0 Å². The van der Waals surface area contributed by atoms with E-state index in [9.17, 15) is 15.3 Å². The maximum atomic E-state index is 10.5. The average Bonchev–Trinajstić information content (AvgIpc) is 3.12. The monoisotopic (exact) mass is 674 g/mol. The molecular formula is C40H50O9. The van der Waals surface area contributed by atoms with E-state index in [4.69, 9.17) is 28.4 Å². The van der Waals surface area contributed by atoms with Gasteiger partial charge in [-0.3, -0.25) is 0 Å². The van der Waals surface area contributed by atoms with Gasteiger partial charge in [0.25, 0.3) is 0 Å². The first-order chi connectivity index (χ1) is 23.6. The number of aliphatic hydroxyl groups excluding tert-OH is 3. The Bertz CT molecular complexity index is 1500. The van der Waals surface area contributed by atoms with Gasteiger partial charge >= 0.3 is 0 Å². The fourth-order valence-electron chi connectivity index (χ4n) is 5.30. The topological polar surface area (TPSA) is 116 Å². The smallest absolute Gasteiger partial charge is 0.122 e. The van der Waals surface area contributed by atoms with E-state index in [1.165, 1.54) is 0 Å². The minimum atomic E-state index is -0.803. The molecule has 0 bridgehead atoms. The van der Waals surface area contributed by atoms with Crippen LogP contribution in [0.3, 0.4) is 0 Å². The molecule has 0 aliphatic rings. The summed E-state index contributed by atoms with van der Waals surface area (Å²) < 4.78 is 32.8. The molecule has 0 saturated carbocycles. The molecule has 0 aliphatic heterocycles. The van der Waals surface area contributed by atoms with E-state index >= 15 is 0 Å². The molecule has 3 N–H and O–H groups in total. The average molecular weight is 675 g/mol. The van der Waals surface area contributed by atoms with Gasteiger partial charge in [-0.05, 0) is 70.8 Å². The molecule has 4 aromatic rings. The van der Waals surface area contributed by atoms with Gasteiger partial charge in [0.2, 0.25) is 0 Å². The normalized spacial score (nSPS) is 14.0. The van der Waals surface area contributed by atoms with Gasteiger partial charge in [-0.2, -0.15) is 0 Å². The second-order valence-corrected chi connectivity index (χ2v) is 12.6. The molecule has 0 amide bonds. The summed E-state index contributed by atoms with van der Waals surface area (Å²) >= 11 is 0. The van der Waals surface area contributed by atoms with E-state index in [1.807, 2.05) is 97.1 Å². The van der Waals surface area contributed by atoms with E-state index in [-0.39, 0.29) is 51.0 Å². The summed E-state index contributed by atoms with van der Waals surface area (Å²) in [4.78, 5) is 0. The zero-order valence-electron chi connectivity index (χ0n) is 29.1. The lowest BCUT2D eigenvalue weighted by Crippen LogP contribution is -2.25. The molecule has 49 heavy (non-hydrogen) atoms. The van der Waals surface area contributed by atoms with Crippen molar-refractivity contribution >= 4 is 0 Å². The predicted octanol–water partition coefficient (Wildman–Crippen LogP) is 5.76. The van der Waals surface area contributed by atoms with Crippen molar-refractivity contribution in [1.82, 2.24) is 0 Å². The Morgan fingerprint density at radius 3 is 1.00 bits per heavy atom. The molecule has 4 aromatic carbocycles. The van der Waals surface area contributed by atoms with Crippen LogP contribution in [-0.2, 0) is 14.9 Å². The van der Waals surface area contributed by atoms with Crippen LogP contribution in [0.2, 0.25) is 0 Å². The molecule has 4 atom stereocenters. The number of methoxy groups -OCH3 is 2. The fraction of sp³-hybridized carbons (Fsp3) is 0.400. The van der Waals surface area contributed by atoms with Crippen molar-refractivity contribution in [3.63, 3.8) is 0 Å². The van der Waals surface area contributed by atoms with Crippen LogP contribution >= 0.6 is 0 Å². The maximum Gasteiger partial charge on any atom is 0.122 e. The standard InChI is InChI=1S/C40H50O9/c1-28(29-6-14-36(15-7-29)46-24-33(41)22-44-4)30-8-16-37(17-9-30)48-26-35(43)27-49-39-20-12-32(13-21-39)40(2,3)31-10-18-38(19-11-31)47-25-34(42)23-45-5/h6-21,28,33-35,41-43H,22-27H2,1-5H3. The number of ether oxygens (including phenoxy) is 6. The van der Waals surface area contributed by atoms with Crippen LogP contribution in [0.5, 0.6) is 23.0 Å². The summed E-state index contributed by atoms with van der Waals surface area (Å²) in [5.74, 6) is 2.88. The largest absolute Gasteiger partial charge is 0.491 e. The first-order valence-electron chi connectivity index (χ1n) is 16.5. The second-order valence-electron chi connectivity index (χ2n) is 12.6. The van der Waals surface area contributed by atoms with Gasteiger partial charge in [-0.25, -0.2) is 0 Å². The fourth-order valence-corrected chi connectivity index (χ4v) is 5.30. The van der Waals surface area contributed by atoms with Crippen molar-refractivity contribution in [3.8, 4) is 23.0 Å². The molecule has 0 fully saturated rings. The van der Waals surface area contributed by atoms with Gasteiger partial charge in [0.15, 0.2) is 0 Å². The maximum absolute atomic E-state index is 10.5. The molecule has 0 radical (unpaired) electrons. The minimum Gasteiger partial charge on any atom is -0.491 e. The van der Waals surface area contributed by atoms with Crippen LogP contribution in [0.25, 0.3) is 0 Å². The molecule has 4 unspecified atom stereocenters. The number of hydrogen-bond acceptors (Lipinski definition) is 9. The molecular weight excluding hydrogens is 624 g/mol. The van der Waals surface area contributed by atoms with Crippen LogP contribution < -0.4 is 18.9 Å². The van der Waals surface area contributed by atoms with Crippen molar-refractivity contribution in [2.24, 2.45) is 0 Å². The number of hydrogen-bond donors (Lipinski definition) is 3. The molecule has 4 rings (SSSR count). The van der Waals surface area contributed by atoms with E-state index in [1.54, 1.807) is 14.2 Å². The molecule has 0 spiro atoms. The summed E-state index contributed by atoms with van der Waals surface area (Å²) in [5, 5.41) is 30.1. The third-order valence-electron chi connectivity index (χ3n) is 8.40. The van der Waals surface area contributed by atoms with Gasteiger partial charge in [-0.15, -0.1) is 0 Å². The summed E-state index contributed by atoms with van der Waals surface area (Å²) in [6.07, 6.45) is -2.14. The third kappa shape index (κ3) is 11.5. The molecule has 0 heterocycles. The summed E-state index contributed by atoms with van der Waals surface area (Å²) in [5.41, 5.74) is 4.25. The van der Waals surface area contributed by atoms with Gasteiger partial charge in [0.05, 0.1) is 13.2 Å². The van der Waals surface area contributed by atoms with Crippen LogP contribution in [0.15, 0.2) is 97.1 Å². The van der Waals surface area contributed by atoms with Crippen molar-refractivity contribution in [3.05, 3.63) is 119 Å². The highest BCUT2D eigenvalue weighted by atomic mass is 16.5. The Morgan fingerprint density at radius 1 is 0.449 bits per heavy atom. The summed E-state index contributed by atoms with van der Waals surface area (Å²) in [6.45, 7) is 7.45. The summed E-state index contributed by atoms with van der Waals surface area (Å²) in [7, 11) is 3.09. The van der Waals surface area contributed by atoms with Crippen LogP contribution in [0.1, 0.15) is 48.9 Å². The highest BCUT2D eigenvalue weighted by Crippen LogP contribution is 2.33. The molecule has 9 heteroatoms. The first-order valence-corrected chi connectivity index (χ1v) is 16.5. The van der Waals surface area contributed by atoms with Crippen molar-refractivity contribution in [1.29, 1.82) is 0 Å². The summed E-state index contributed by atoms with van der Waals surface area (Å²) in [6, 6.07) is 31.5. The van der Waals surface area contributed by atoms with Gasteiger partial charge in [0.1, 0.15) is 67.7 Å². The lowest BCUT2D eigenvalue weighted by molar-refractivity contribution is 0.0325. The molecule has 9 nitrogen and oxygen atoms in total. The van der Waals surface area contributed by atoms with Crippen molar-refractivity contribution < 1.29 is 43.7 Å². The SMILES string of the molecule is COCC(O)COc1ccc(C(C)c2ccc(OCC(O)COc3ccc(C(C)(C)c4ccc(OCC(O)COC)cc4)cc3)cc2)cc1. The Morgan fingerprint density at radius 2 is 0.714 bits per heavy atom. The Kier molecular flexibility index (Phi) is 14.3. The zero-order valence-corrected chi connectivity index (χ0v) is 29.1. The van der Waals surface area contributed by atoms with Gasteiger partial charge in [0, 0.05) is 25.6 Å². The molecule has 264 valence electrons. The first kappa shape index (κ1) is 37.7. The van der Waals surface area contributed by atoms with Gasteiger partial charge in [-0.1, -0.05) is 69.3 Å². The Labute approximate surface area is 290 Å². The minimum absolute atomic E-state index is 0.101. The zero-order chi connectivity index (χ0) is 35.2. The Hall–Kier alpha value is -4.12. The van der Waals surface area contributed by atoms with Crippen molar-refractivity contribution in [2.75, 3.05) is 53.9 Å². The van der Waals surface area contributed by atoms with Crippen LogP contribution in [0.4, 0.5) is 0 Å². The van der Waals surface area contributed by atoms with E-state index < -0.39 is 18.3 Å². The van der Waals surface area contributed by atoms with Crippen LogP contribution in [-0.4, -0.2) is 87.5 Å². The predicted molar refractivity (Wildman–Crippen MR) is 189 cm³/mol. The molecule has 0 aromatic heterocycles. The molecule has 0 saturated heterocycles. The van der Waals surface area contributed by atoms with Crippen LogP contribution in [0, 0.1) is 0 Å². The number of aliphatic hydroxyl groups is 3. The second kappa shape index (κ2) is 18.6.